The molecule has 2 aromatic rings. The monoisotopic (exact) mass is 512 g/mol. The van der Waals surface area contributed by atoms with Crippen LogP contribution in [0.2, 0.25) is 0 Å². The minimum atomic E-state index is -3.86. The van der Waals surface area contributed by atoms with Crippen LogP contribution in [0.25, 0.3) is 0 Å². The number of sulfonamides is 1. The number of likely N-dealkylation sites (N-methyl/N-ethyl adjacent to an activating group) is 1. The van der Waals surface area contributed by atoms with Crippen LogP contribution in [-0.4, -0.2) is 71.6 Å². The van der Waals surface area contributed by atoms with Gasteiger partial charge in [0.05, 0.1) is 6.61 Å². The molecule has 0 saturated heterocycles. The molecule has 1 aromatic carbocycles. The summed E-state index contributed by atoms with van der Waals surface area (Å²) in [6, 6.07) is 4.56. The Kier molecular flexibility index (Phi) is 8.62. The molecule has 1 aromatic heterocycles. The van der Waals surface area contributed by atoms with E-state index in [0.29, 0.717) is 24.8 Å². The van der Waals surface area contributed by atoms with E-state index >= 15 is 0 Å². The molecule has 3 atom stereocenters. The summed E-state index contributed by atoms with van der Waals surface area (Å²) >= 11 is 0. The van der Waals surface area contributed by atoms with Crippen LogP contribution in [0.5, 0.6) is 5.75 Å². The normalized spacial score (nSPS) is 23.1. The lowest BCUT2D eigenvalue weighted by Gasteiger charge is -2.37. The van der Waals surface area contributed by atoms with Gasteiger partial charge in [0.2, 0.25) is 10.0 Å². The molecule has 4 rings (SSSR count). The van der Waals surface area contributed by atoms with E-state index in [9.17, 15) is 13.5 Å². The number of ether oxygens (including phenoxy) is 1. The first-order valence-electron chi connectivity index (χ1n) is 12.6. The summed E-state index contributed by atoms with van der Waals surface area (Å²) in [5, 5.41) is 9.83. The molecule has 0 unspecified atom stereocenters. The first kappa shape index (κ1) is 26.6. The van der Waals surface area contributed by atoms with Gasteiger partial charge in [-0.2, -0.15) is 4.31 Å². The summed E-state index contributed by atoms with van der Waals surface area (Å²) < 4.78 is 35.2. The Morgan fingerprint density at radius 2 is 1.97 bits per heavy atom. The fourth-order valence-corrected chi connectivity index (χ4v) is 6.70. The largest absolute Gasteiger partial charge is 0.487 e. The van der Waals surface area contributed by atoms with Gasteiger partial charge in [0, 0.05) is 61.0 Å². The van der Waals surface area contributed by atoms with Crippen LogP contribution in [0.15, 0.2) is 41.8 Å². The highest BCUT2D eigenvalue weighted by Crippen LogP contribution is 2.34. The number of nitrogens with zero attached hydrogens (tertiary/aromatic N) is 4. The molecule has 0 amide bonds. The second kappa shape index (κ2) is 11.7. The first-order valence-corrected chi connectivity index (χ1v) is 14.1. The molecule has 0 bridgehead atoms. The fourth-order valence-electron chi connectivity index (χ4n) is 4.87. The highest BCUT2D eigenvalue weighted by atomic mass is 32.2. The summed E-state index contributed by atoms with van der Waals surface area (Å²) in [6.07, 6.45) is 9.47. The minimum Gasteiger partial charge on any atom is -0.487 e. The Morgan fingerprint density at radius 3 is 2.67 bits per heavy atom. The lowest BCUT2D eigenvalue weighted by atomic mass is 10.0. The van der Waals surface area contributed by atoms with E-state index in [2.05, 4.69) is 26.7 Å². The second-order valence-corrected chi connectivity index (χ2v) is 12.0. The quantitative estimate of drug-likeness (QED) is 0.595. The number of aliphatic hydroxyl groups is 1. The van der Waals surface area contributed by atoms with Crippen molar-refractivity contribution in [2.45, 2.75) is 63.1 Å². The van der Waals surface area contributed by atoms with Gasteiger partial charge in [-0.05, 0) is 45.0 Å². The zero-order valence-electron chi connectivity index (χ0n) is 21.3. The predicted molar refractivity (Wildman–Crippen MR) is 138 cm³/mol. The maximum Gasteiger partial charge on any atom is 0.247 e. The van der Waals surface area contributed by atoms with Crippen LogP contribution in [0.3, 0.4) is 0 Å². The number of benzene rings is 1. The summed E-state index contributed by atoms with van der Waals surface area (Å²) in [4.78, 5) is 10.4. The van der Waals surface area contributed by atoms with Gasteiger partial charge in [-0.1, -0.05) is 31.6 Å². The molecule has 1 saturated carbocycles. The zero-order chi connectivity index (χ0) is 25.7. The minimum absolute atomic E-state index is 0.116. The van der Waals surface area contributed by atoms with E-state index in [1.807, 2.05) is 14.0 Å². The van der Waals surface area contributed by atoms with E-state index < -0.39 is 16.1 Å². The molecule has 8 nitrogen and oxygen atoms in total. The molecule has 0 spiro atoms. The topological polar surface area (TPSA) is 95.9 Å². The summed E-state index contributed by atoms with van der Waals surface area (Å²) in [6.45, 7) is 4.93. The van der Waals surface area contributed by atoms with Crippen molar-refractivity contribution in [3.05, 3.63) is 48.0 Å². The van der Waals surface area contributed by atoms with Gasteiger partial charge in [-0.15, -0.1) is 0 Å². The molecular formula is C27H36N4O4S. The number of hydrogen-bond donors (Lipinski definition) is 1. The third-order valence-corrected chi connectivity index (χ3v) is 9.02. The van der Waals surface area contributed by atoms with Crippen molar-refractivity contribution in [3.63, 3.8) is 0 Å². The molecule has 1 aliphatic carbocycles. The number of aromatic nitrogens is 2. The van der Waals surface area contributed by atoms with Gasteiger partial charge in [-0.25, -0.2) is 18.4 Å². The Morgan fingerprint density at radius 1 is 1.25 bits per heavy atom. The summed E-state index contributed by atoms with van der Waals surface area (Å²) in [5.41, 5.74) is 1.74. The van der Waals surface area contributed by atoms with E-state index in [4.69, 9.17) is 4.74 Å². The van der Waals surface area contributed by atoms with Crippen molar-refractivity contribution < 1.29 is 18.3 Å². The van der Waals surface area contributed by atoms with Crippen molar-refractivity contribution >= 4 is 10.0 Å². The maximum absolute atomic E-state index is 13.6. The molecular weight excluding hydrogens is 476 g/mol. The summed E-state index contributed by atoms with van der Waals surface area (Å²) in [7, 11) is -1.87. The van der Waals surface area contributed by atoms with Gasteiger partial charge < -0.3 is 9.84 Å². The average Bonchev–Trinajstić information content (AvgIpc) is 3.39. The van der Waals surface area contributed by atoms with E-state index in [-0.39, 0.29) is 30.1 Å². The van der Waals surface area contributed by atoms with Crippen LogP contribution in [0.1, 0.15) is 50.7 Å². The first-order chi connectivity index (χ1) is 17.3. The molecule has 2 aliphatic rings. The molecule has 0 radical (unpaired) electrons. The average molecular weight is 513 g/mol. The van der Waals surface area contributed by atoms with Crippen molar-refractivity contribution in [1.29, 1.82) is 0 Å². The van der Waals surface area contributed by atoms with Crippen molar-refractivity contribution in [2.24, 2.45) is 11.8 Å². The highest BCUT2D eigenvalue weighted by molar-refractivity contribution is 7.89. The van der Waals surface area contributed by atoms with Gasteiger partial charge in [0.1, 0.15) is 23.1 Å². The molecule has 1 aliphatic heterocycles. The highest BCUT2D eigenvalue weighted by Gasteiger charge is 2.38. The van der Waals surface area contributed by atoms with Crippen molar-refractivity contribution in [1.82, 2.24) is 19.2 Å². The Hall–Kier alpha value is -2.51. The van der Waals surface area contributed by atoms with Crippen LogP contribution in [-0.2, 0) is 16.6 Å². The van der Waals surface area contributed by atoms with Gasteiger partial charge in [0.15, 0.2) is 0 Å². The second-order valence-electron chi connectivity index (χ2n) is 10.1. The molecule has 194 valence electrons. The number of hydrogen-bond acceptors (Lipinski definition) is 7. The third kappa shape index (κ3) is 6.24. The maximum atomic E-state index is 13.6. The van der Waals surface area contributed by atoms with Crippen molar-refractivity contribution in [2.75, 3.05) is 26.7 Å². The smallest absolute Gasteiger partial charge is 0.247 e. The molecule has 9 heteroatoms. The Bertz CT molecular complexity index is 1190. The Balaban J connectivity index is 1.66. The predicted octanol–water partition coefficient (Wildman–Crippen LogP) is 2.92. The van der Waals surface area contributed by atoms with Crippen molar-refractivity contribution in [3.8, 4) is 17.6 Å². The van der Waals surface area contributed by atoms with Crippen LogP contribution in [0, 0.1) is 23.7 Å². The molecule has 36 heavy (non-hydrogen) atoms. The van der Waals surface area contributed by atoms with Crippen LogP contribution >= 0.6 is 0 Å². The van der Waals surface area contributed by atoms with E-state index in [1.54, 1.807) is 37.5 Å². The van der Waals surface area contributed by atoms with Crippen LogP contribution < -0.4 is 4.74 Å². The summed E-state index contributed by atoms with van der Waals surface area (Å²) in [5.74, 6) is 7.19. The molecule has 1 fully saturated rings. The SMILES string of the molecule is C[C@@H]1CN([C@H](C)CO)S(=O)(=O)c2ccc(C#CC3CCCC3)cc2O[C@H]1CN(C)Cc1cncnc1. The lowest BCUT2D eigenvalue weighted by Crippen LogP contribution is -2.49. The van der Waals surface area contributed by atoms with E-state index in [1.165, 1.54) is 23.5 Å². The molecule has 2 heterocycles. The third-order valence-electron chi connectivity index (χ3n) is 7.00. The zero-order valence-corrected chi connectivity index (χ0v) is 22.1. The number of aliphatic hydroxyl groups excluding tert-OH is 1. The van der Waals surface area contributed by atoms with Gasteiger partial charge >= 0.3 is 0 Å². The standard InChI is InChI=1S/C27H36N4O4S/c1-20-15-31(21(2)18-32)36(33,34)27-11-10-23(9-8-22-6-4-5-7-22)12-25(27)35-26(20)17-30(3)16-24-13-28-19-29-14-24/h10-14,19-22,26,32H,4-7,15-18H2,1-3H3/t20-,21-,26+/m1/s1. The van der Waals surface area contributed by atoms with Gasteiger partial charge in [-0.3, -0.25) is 4.90 Å². The van der Waals surface area contributed by atoms with Gasteiger partial charge in [0.25, 0.3) is 0 Å². The number of rotatable bonds is 6. The fraction of sp³-hybridized carbons (Fsp3) is 0.556. The van der Waals surface area contributed by atoms with Crippen LogP contribution in [0.4, 0.5) is 0 Å². The number of fused-ring (bicyclic) bond motifs is 1. The lowest BCUT2D eigenvalue weighted by molar-refractivity contribution is 0.0733. The molecule has 1 N–H and O–H groups in total. The Labute approximate surface area is 214 Å². The van der Waals surface area contributed by atoms with E-state index in [0.717, 1.165) is 24.0 Å².